The van der Waals surface area contributed by atoms with Gasteiger partial charge >= 0.3 is 5.97 Å². The third-order valence-electron chi connectivity index (χ3n) is 2.11. The molecule has 1 amide bonds. The lowest BCUT2D eigenvalue weighted by Gasteiger charge is -2.13. The third kappa shape index (κ3) is 9.45. The fraction of sp³-hybridized carbons (Fsp3) is 0.818. The quantitative estimate of drug-likeness (QED) is 0.584. The number of carboxylic acids is 1. The van der Waals surface area contributed by atoms with E-state index in [1.54, 1.807) is 0 Å². The summed E-state index contributed by atoms with van der Waals surface area (Å²) in [5.74, 6) is -0.842. The van der Waals surface area contributed by atoms with Gasteiger partial charge in [-0.05, 0) is 26.7 Å². The second-order valence-corrected chi connectivity index (χ2v) is 3.70. The van der Waals surface area contributed by atoms with Gasteiger partial charge in [-0.25, -0.2) is 0 Å². The van der Waals surface area contributed by atoms with Crippen molar-refractivity contribution in [3.63, 3.8) is 0 Å². The molecule has 0 spiro atoms. The molecule has 94 valence electrons. The highest BCUT2D eigenvalue weighted by Crippen LogP contribution is 2.00. The Bertz CT molecular complexity index is 218. The predicted octanol–water partition coefficient (Wildman–Crippen LogP) is 1.17. The molecule has 2 N–H and O–H groups in total. The van der Waals surface area contributed by atoms with Crippen molar-refractivity contribution in [3.05, 3.63) is 0 Å². The number of carbonyl (C=O) groups excluding carboxylic acids is 1. The van der Waals surface area contributed by atoms with Crippen molar-refractivity contribution in [1.29, 1.82) is 0 Å². The lowest BCUT2D eigenvalue weighted by atomic mass is 10.1. The molecule has 0 radical (unpaired) electrons. The summed E-state index contributed by atoms with van der Waals surface area (Å²) in [6, 6.07) is 0.0217. The molecule has 0 aromatic heterocycles. The van der Waals surface area contributed by atoms with Crippen molar-refractivity contribution >= 4 is 11.9 Å². The number of aliphatic carboxylic acids is 1. The summed E-state index contributed by atoms with van der Waals surface area (Å²) in [6.07, 6.45) is 1.78. The molecule has 5 heteroatoms. The first-order valence-corrected chi connectivity index (χ1v) is 5.65. The Morgan fingerprint density at radius 3 is 2.62 bits per heavy atom. The van der Waals surface area contributed by atoms with Crippen LogP contribution in [0.2, 0.25) is 0 Å². The summed E-state index contributed by atoms with van der Waals surface area (Å²) in [7, 11) is 0. The molecule has 0 fully saturated rings. The first-order chi connectivity index (χ1) is 7.56. The van der Waals surface area contributed by atoms with Gasteiger partial charge in [-0.1, -0.05) is 0 Å². The van der Waals surface area contributed by atoms with Crippen LogP contribution >= 0.6 is 0 Å². The van der Waals surface area contributed by atoms with Crippen molar-refractivity contribution in [2.24, 2.45) is 0 Å². The smallest absolute Gasteiger partial charge is 0.303 e. The number of nitrogens with one attached hydrogen (secondary N) is 1. The Labute approximate surface area is 96.2 Å². The maximum atomic E-state index is 11.3. The van der Waals surface area contributed by atoms with E-state index in [1.165, 1.54) is 0 Å². The van der Waals surface area contributed by atoms with Gasteiger partial charge in [0, 0.05) is 25.5 Å². The highest BCUT2D eigenvalue weighted by molar-refractivity contribution is 5.76. The zero-order valence-corrected chi connectivity index (χ0v) is 9.99. The highest BCUT2D eigenvalue weighted by Gasteiger charge is 2.07. The molecule has 1 unspecified atom stereocenters. The van der Waals surface area contributed by atoms with Crippen LogP contribution in [0.25, 0.3) is 0 Å². The summed E-state index contributed by atoms with van der Waals surface area (Å²) in [5.41, 5.74) is 0. The maximum absolute atomic E-state index is 11.3. The van der Waals surface area contributed by atoms with E-state index in [0.717, 1.165) is 0 Å². The van der Waals surface area contributed by atoms with Crippen molar-refractivity contribution in [2.45, 2.75) is 45.6 Å². The van der Waals surface area contributed by atoms with Gasteiger partial charge in [0.15, 0.2) is 0 Å². The van der Waals surface area contributed by atoms with Gasteiger partial charge in [0.1, 0.15) is 0 Å². The van der Waals surface area contributed by atoms with Crippen LogP contribution in [0.15, 0.2) is 0 Å². The van der Waals surface area contributed by atoms with Crippen LogP contribution in [-0.2, 0) is 14.3 Å². The van der Waals surface area contributed by atoms with E-state index in [2.05, 4.69) is 5.32 Å². The molecular weight excluding hydrogens is 210 g/mol. The van der Waals surface area contributed by atoms with Crippen molar-refractivity contribution < 1.29 is 19.4 Å². The van der Waals surface area contributed by atoms with E-state index >= 15 is 0 Å². The molecular formula is C11H21NO4. The summed E-state index contributed by atoms with van der Waals surface area (Å²) in [5, 5.41) is 11.2. The minimum absolute atomic E-state index is 0.0217. The zero-order valence-electron chi connectivity index (χ0n) is 9.99. The summed E-state index contributed by atoms with van der Waals surface area (Å²) in [6.45, 7) is 4.80. The van der Waals surface area contributed by atoms with Crippen LogP contribution in [-0.4, -0.2) is 36.2 Å². The first-order valence-electron chi connectivity index (χ1n) is 5.65. The maximum Gasteiger partial charge on any atom is 0.303 e. The molecule has 0 aliphatic heterocycles. The average molecular weight is 231 g/mol. The monoisotopic (exact) mass is 231 g/mol. The van der Waals surface area contributed by atoms with Crippen LogP contribution in [0.1, 0.15) is 39.5 Å². The van der Waals surface area contributed by atoms with E-state index in [4.69, 9.17) is 9.84 Å². The first kappa shape index (κ1) is 14.9. The Morgan fingerprint density at radius 2 is 2.06 bits per heavy atom. The molecule has 5 nitrogen and oxygen atoms in total. The Kier molecular flexibility index (Phi) is 8.52. The van der Waals surface area contributed by atoms with E-state index in [9.17, 15) is 9.59 Å². The fourth-order valence-electron chi connectivity index (χ4n) is 1.29. The van der Waals surface area contributed by atoms with Gasteiger partial charge in [0.05, 0.1) is 6.61 Å². The standard InChI is InChI=1S/C11H21NO4/c1-3-16-8-7-10(13)12-9(2)5-4-6-11(14)15/h9H,3-8H2,1-2H3,(H,12,13)(H,14,15). The Morgan fingerprint density at radius 1 is 1.38 bits per heavy atom. The second kappa shape index (κ2) is 9.15. The van der Waals surface area contributed by atoms with Gasteiger partial charge in [0.2, 0.25) is 5.91 Å². The van der Waals surface area contributed by atoms with Gasteiger partial charge in [-0.2, -0.15) is 0 Å². The number of ether oxygens (including phenoxy) is 1. The van der Waals surface area contributed by atoms with E-state index in [0.29, 0.717) is 32.5 Å². The van der Waals surface area contributed by atoms with Crippen LogP contribution in [0, 0.1) is 0 Å². The van der Waals surface area contributed by atoms with E-state index < -0.39 is 5.97 Å². The van der Waals surface area contributed by atoms with Gasteiger partial charge in [-0.3, -0.25) is 9.59 Å². The fourth-order valence-corrected chi connectivity index (χ4v) is 1.29. The van der Waals surface area contributed by atoms with Crippen LogP contribution in [0.4, 0.5) is 0 Å². The predicted molar refractivity (Wildman–Crippen MR) is 60.2 cm³/mol. The normalized spacial score (nSPS) is 12.1. The Hall–Kier alpha value is -1.10. The number of hydrogen-bond acceptors (Lipinski definition) is 3. The molecule has 0 aromatic rings. The van der Waals surface area contributed by atoms with Gasteiger partial charge in [-0.15, -0.1) is 0 Å². The molecule has 0 saturated heterocycles. The largest absolute Gasteiger partial charge is 0.481 e. The number of hydrogen-bond donors (Lipinski definition) is 2. The molecule has 1 atom stereocenters. The lowest BCUT2D eigenvalue weighted by Crippen LogP contribution is -2.33. The number of rotatable bonds is 9. The van der Waals surface area contributed by atoms with Crippen LogP contribution < -0.4 is 5.32 Å². The lowest BCUT2D eigenvalue weighted by molar-refractivity contribution is -0.137. The molecule has 0 aliphatic rings. The number of carbonyl (C=O) groups is 2. The zero-order chi connectivity index (χ0) is 12.4. The molecule has 0 rings (SSSR count). The topological polar surface area (TPSA) is 75.6 Å². The van der Waals surface area contributed by atoms with E-state index in [1.807, 2.05) is 13.8 Å². The van der Waals surface area contributed by atoms with E-state index in [-0.39, 0.29) is 18.4 Å². The van der Waals surface area contributed by atoms with Crippen molar-refractivity contribution in [2.75, 3.05) is 13.2 Å². The summed E-state index contributed by atoms with van der Waals surface area (Å²) in [4.78, 5) is 21.6. The number of amides is 1. The molecule has 0 heterocycles. The average Bonchev–Trinajstić information content (AvgIpc) is 2.17. The molecule has 0 saturated carbocycles. The summed E-state index contributed by atoms with van der Waals surface area (Å²) < 4.78 is 5.06. The van der Waals surface area contributed by atoms with Crippen LogP contribution in [0.3, 0.4) is 0 Å². The van der Waals surface area contributed by atoms with Gasteiger partial charge in [0.25, 0.3) is 0 Å². The van der Waals surface area contributed by atoms with Crippen molar-refractivity contribution in [3.8, 4) is 0 Å². The molecule has 0 aliphatic carbocycles. The molecule has 0 bridgehead atoms. The summed E-state index contributed by atoms with van der Waals surface area (Å²) >= 11 is 0. The SMILES string of the molecule is CCOCCC(=O)NC(C)CCCC(=O)O. The van der Waals surface area contributed by atoms with Crippen molar-refractivity contribution in [1.82, 2.24) is 5.32 Å². The number of carboxylic acid groups (broad SMARTS) is 1. The third-order valence-corrected chi connectivity index (χ3v) is 2.11. The minimum Gasteiger partial charge on any atom is -0.481 e. The minimum atomic E-state index is -0.796. The highest BCUT2D eigenvalue weighted by atomic mass is 16.5. The Balaban J connectivity index is 3.50. The molecule has 16 heavy (non-hydrogen) atoms. The second-order valence-electron chi connectivity index (χ2n) is 3.70. The van der Waals surface area contributed by atoms with Gasteiger partial charge < -0.3 is 15.2 Å². The molecule has 0 aromatic carbocycles. The van der Waals surface area contributed by atoms with Crippen LogP contribution in [0.5, 0.6) is 0 Å².